The van der Waals surface area contributed by atoms with Gasteiger partial charge < -0.3 is 15.5 Å². The zero-order chi connectivity index (χ0) is 15.0. The molecule has 8 heteroatoms. The summed E-state index contributed by atoms with van der Waals surface area (Å²) in [5.74, 6) is -0.131. The summed E-state index contributed by atoms with van der Waals surface area (Å²) >= 11 is 0. The summed E-state index contributed by atoms with van der Waals surface area (Å²) in [5.41, 5.74) is 5.24. The number of rotatable bonds is 6. The highest BCUT2D eigenvalue weighted by Gasteiger charge is 2.42. The van der Waals surface area contributed by atoms with Gasteiger partial charge in [0.2, 0.25) is 5.09 Å². The van der Waals surface area contributed by atoms with Gasteiger partial charge in [0, 0.05) is 6.54 Å². The van der Waals surface area contributed by atoms with Gasteiger partial charge in [-0.2, -0.15) is 0 Å². The van der Waals surface area contributed by atoms with Crippen LogP contribution in [0, 0.1) is 5.92 Å². The fourth-order valence-corrected chi connectivity index (χ4v) is 2.70. The van der Waals surface area contributed by atoms with Crippen molar-refractivity contribution in [1.29, 1.82) is 0 Å². The zero-order valence-electron chi connectivity index (χ0n) is 11.5. The number of nitrogens with two attached hydrogens (primary N) is 1. The molecule has 1 aromatic heterocycles. The molecule has 0 aromatic carbocycles. The van der Waals surface area contributed by atoms with Crippen LogP contribution in [0.1, 0.15) is 30.3 Å². The summed E-state index contributed by atoms with van der Waals surface area (Å²) in [6, 6.07) is 2.58. The zero-order valence-corrected chi connectivity index (χ0v) is 12.3. The third kappa shape index (κ3) is 2.87. The predicted octanol–water partition coefficient (Wildman–Crippen LogP) is 0.0449. The van der Waals surface area contributed by atoms with Gasteiger partial charge in [-0.25, -0.2) is 13.1 Å². The molecule has 0 spiro atoms. The van der Waals surface area contributed by atoms with Gasteiger partial charge in [0.05, 0.1) is 5.54 Å². The first kappa shape index (κ1) is 15.0. The maximum atomic E-state index is 12.1. The number of carbonyl (C=O) groups is 1. The van der Waals surface area contributed by atoms with Gasteiger partial charge in [-0.1, -0.05) is 0 Å². The number of hydrogen-bond acceptors (Lipinski definition) is 5. The Morgan fingerprint density at radius 3 is 2.65 bits per heavy atom. The standard InChI is InChI=1S/C12H19N3O4S/c1-12(7-13,8-3-4-8)15-11(16)9-5-6-10(19-9)20(17,18)14-2/h5-6,8,14H,3-4,7,13H2,1-2H3,(H,15,16). The van der Waals surface area contributed by atoms with Crippen molar-refractivity contribution in [2.24, 2.45) is 11.7 Å². The lowest BCUT2D eigenvalue weighted by atomic mass is 9.96. The molecule has 1 unspecified atom stereocenters. The van der Waals surface area contributed by atoms with Gasteiger partial charge in [-0.15, -0.1) is 0 Å². The smallest absolute Gasteiger partial charge is 0.287 e. The van der Waals surface area contributed by atoms with E-state index in [9.17, 15) is 13.2 Å². The molecule has 1 heterocycles. The Bertz CT molecular complexity index is 606. The van der Waals surface area contributed by atoms with Gasteiger partial charge in [-0.3, -0.25) is 4.79 Å². The van der Waals surface area contributed by atoms with Crippen molar-refractivity contribution in [1.82, 2.24) is 10.0 Å². The molecule has 1 aliphatic carbocycles. The molecular formula is C12H19N3O4S. The van der Waals surface area contributed by atoms with E-state index in [1.165, 1.54) is 19.2 Å². The average Bonchev–Trinajstić information content (AvgIpc) is 3.15. The number of amides is 1. The van der Waals surface area contributed by atoms with Crippen molar-refractivity contribution in [2.75, 3.05) is 13.6 Å². The molecular weight excluding hydrogens is 282 g/mol. The Labute approximate surface area is 118 Å². The van der Waals surface area contributed by atoms with Crippen molar-refractivity contribution in [3.8, 4) is 0 Å². The van der Waals surface area contributed by atoms with Crippen molar-refractivity contribution < 1.29 is 17.6 Å². The van der Waals surface area contributed by atoms with Crippen LogP contribution in [-0.2, 0) is 10.0 Å². The molecule has 1 amide bonds. The SMILES string of the molecule is CNS(=O)(=O)c1ccc(C(=O)NC(C)(CN)C2CC2)o1. The minimum atomic E-state index is -3.69. The topological polar surface area (TPSA) is 114 Å². The van der Waals surface area contributed by atoms with Gasteiger partial charge >= 0.3 is 0 Å². The monoisotopic (exact) mass is 301 g/mol. The van der Waals surface area contributed by atoms with Crippen molar-refractivity contribution in [3.05, 3.63) is 17.9 Å². The molecule has 4 N–H and O–H groups in total. The van der Waals surface area contributed by atoms with Crippen LogP contribution in [-0.4, -0.2) is 33.5 Å². The van der Waals surface area contributed by atoms with Crippen LogP contribution in [0.4, 0.5) is 0 Å². The molecule has 112 valence electrons. The molecule has 1 fully saturated rings. The van der Waals surface area contributed by atoms with Crippen LogP contribution in [0.3, 0.4) is 0 Å². The third-order valence-electron chi connectivity index (χ3n) is 3.64. The Morgan fingerprint density at radius 1 is 1.50 bits per heavy atom. The summed E-state index contributed by atoms with van der Waals surface area (Å²) in [5, 5.41) is 2.55. The highest BCUT2D eigenvalue weighted by Crippen LogP contribution is 2.39. The largest absolute Gasteiger partial charge is 0.438 e. The second kappa shape index (κ2) is 5.19. The van der Waals surface area contributed by atoms with E-state index < -0.39 is 21.5 Å². The van der Waals surface area contributed by atoms with Crippen molar-refractivity contribution >= 4 is 15.9 Å². The lowest BCUT2D eigenvalue weighted by molar-refractivity contribution is 0.0863. The van der Waals surface area contributed by atoms with Crippen LogP contribution < -0.4 is 15.8 Å². The van der Waals surface area contributed by atoms with Crippen molar-refractivity contribution in [3.63, 3.8) is 0 Å². The Kier molecular flexibility index (Phi) is 3.90. The number of nitrogens with one attached hydrogen (secondary N) is 2. The van der Waals surface area contributed by atoms with Crippen molar-refractivity contribution in [2.45, 2.75) is 30.4 Å². The van der Waals surface area contributed by atoms with Crippen LogP contribution in [0.2, 0.25) is 0 Å². The molecule has 2 rings (SSSR count). The van der Waals surface area contributed by atoms with Crippen LogP contribution in [0.25, 0.3) is 0 Å². The Hall–Kier alpha value is -1.38. The summed E-state index contributed by atoms with van der Waals surface area (Å²) in [6.07, 6.45) is 2.07. The second-order valence-corrected chi connectivity index (χ2v) is 6.99. The number of hydrogen-bond donors (Lipinski definition) is 3. The Morgan fingerprint density at radius 2 is 2.15 bits per heavy atom. The quantitative estimate of drug-likeness (QED) is 0.686. The van der Waals surface area contributed by atoms with E-state index in [0.29, 0.717) is 12.5 Å². The molecule has 0 bridgehead atoms. The maximum absolute atomic E-state index is 12.1. The number of furan rings is 1. The third-order valence-corrected chi connectivity index (χ3v) is 4.93. The molecule has 1 saturated carbocycles. The lowest BCUT2D eigenvalue weighted by Crippen LogP contribution is -2.53. The fraction of sp³-hybridized carbons (Fsp3) is 0.583. The fourth-order valence-electron chi connectivity index (χ4n) is 2.05. The number of sulfonamides is 1. The molecule has 20 heavy (non-hydrogen) atoms. The van der Waals surface area contributed by atoms with Gasteiger partial charge in [0.1, 0.15) is 0 Å². The molecule has 0 aliphatic heterocycles. The van der Waals surface area contributed by atoms with E-state index in [2.05, 4.69) is 10.0 Å². The summed E-state index contributed by atoms with van der Waals surface area (Å²) in [4.78, 5) is 12.1. The lowest BCUT2D eigenvalue weighted by Gasteiger charge is -2.28. The normalized spacial score (nSPS) is 18.6. The first-order valence-electron chi connectivity index (χ1n) is 6.38. The molecule has 0 radical (unpaired) electrons. The molecule has 1 atom stereocenters. The van der Waals surface area contributed by atoms with E-state index in [4.69, 9.17) is 10.2 Å². The summed E-state index contributed by atoms with van der Waals surface area (Å²) < 4.78 is 30.3. The van der Waals surface area contributed by atoms with E-state index in [-0.39, 0.29) is 10.9 Å². The first-order chi connectivity index (χ1) is 9.32. The molecule has 1 aliphatic rings. The van der Waals surface area contributed by atoms with E-state index in [0.717, 1.165) is 12.8 Å². The minimum absolute atomic E-state index is 0.0425. The van der Waals surface area contributed by atoms with E-state index in [1.807, 2.05) is 6.92 Å². The molecule has 1 aromatic rings. The number of carbonyl (C=O) groups excluding carboxylic acids is 1. The average molecular weight is 301 g/mol. The second-order valence-electron chi connectivity index (χ2n) is 5.18. The minimum Gasteiger partial charge on any atom is -0.438 e. The van der Waals surface area contributed by atoms with E-state index in [1.54, 1.807) is 0 Å². The maximum Gasteiger partial charge on any atom is 0.287 e. The summed E-state index contributed by atoms with van der Waals surface area (Å²) in [6.45, 7) is 2.21. The molecule has 0 saturated heterocycles. The highest BCUT2D eigenvalue weighted by molar-refractivity contribution is 7.89. The van der Waals surface area contributed by atoms with Gasteiger partial charge in [0.25, 0.3) is 15.9 Å². The van der Waals surface area contributed by atoms with E-state index >= 15 is 0 Å². The predicted molar refractivity (Wildman–Crippen MR) is 72.6 cm³/mol. The van der Waals surface area contributed by atoms with Crippen LogP contribution in [0.15, 0.2) is 21.6 Å². The van der Waals surface area contributed by atoms with Gasteiger partial charge in [0.15, 0.2) is 5.76 Å². The highest BCUT2D eigenvalue weighted by atomic mass is 32.2. The summed E-state index contributed by atoms with van der Waals surface area (Å²) in [7, 11) is -2.41. The first-order valence-corrected chi connectivity index (χ1v) is 7.86. The van der Waals surface area contributed by atoms with Crippen LogP contribution >= 0.6 is 0 Å². The van der Waals surface area contributed by atoms with Crippen LogP contribution in [0.5, 0.6) is 0 Å². The Balaban J connectivity index is 2.14. The molecule has 7 nitrogen and oxygen atoms in total. The van der Waals surface area contributed by atoms with Gasteiger partial charge in [-0.05, 0) is 44.9 Å².